The van der Waals surface area contributed by atoms with Gasteiger partial charge in [0, 0.05) is 14.0 Å². The highest BCUT2D eigenvalue weighted by Crippen LogP contribution is 2.26. The molecule has 3 nitrogen and oxygen atoms in total. The van der Waals surface area contributed by atoms with Crippen LogP contribution in [0, 0.1) is 0 Å². The molecule has 6 heteroatoms. The van der Waals surface area contributed by atoms with E-state index in [1.54, 1.807) is 30.3 Å². The van der Waals surface area contributed by atoms with Crippen LogP contribution in [0.1, 0.15) is 0 Å². The molecule has 0 aliphatic heterocycles. The standard InChI is InChI=1S/C14H10Br2ClNO2/c15-9-4-5-13(12(16)6-9)18-14(19)8-20-11-3-1-2-10(17)7-11/h1-7H,8H2,(H,18,19). The van der Waals surface area contributed by atoms with E-state index in [0.717, 1.165) is 8.95 Å². The fourth-order valence-corrected chi connectivity index (χ4v) is 2.81. The van der Waals surface area contributed by atoms with Crippen LogP contribution in [0.4, 0.5) is 5.69 Å². The van der Waals surface area contributed by atoms with Gasteiger partial charge in [0.05, 0.1) is 5.69 Å². The van der Waals surface area contributed by atoms with Crippen molar-refractivity contribution in [2.75, 3.05) is 11.9 Å². The van der Waals surface area contributed by atoms with Crippen LogP contribution in [0.2, 0.25) is 5.02 Å². The average Bonchev–Trinajstić information content (AvgIpc) is 2.40. The Labute approximate surface area is 138 Å². The fourth-order valence-electron chi connectivity index (χ4n) is 1.48. The number of halogens is 3. The minimum Gasteiger partial charge on any atom is -0.484 e. The van der Waals surface area contributed by atoms with E-state index < -0.39 is 0 Å². The highest BCUT2D eigenvalue weighted by Gasteiger charge is 2.07. The first-order chi connectivity index (χ1) is 9.54. The Morgan fingerprint density at radius 3 is 2.70 bits per heavy atom. The lowest BCUT2D eigenvalue weighted by molar-refractivity contribution is -0.118. The first kappa shape index (κ1) is 15.4. The number of carbonyl (C=O) groups is 1. The first-order valence-corrected chi connectivity index (χ1v) is 7.64. The molecule has 0 atom stereocenters. The molecule has 0 saturated heterocycles. The summed E-state index contributed by atoms with van der Waals surface area (Å²) in [6, 6.07) is 12.4. The molecule has 1 N–H and O–H groups in total. The smallest absolute Gasteiger partial charge is 0.262 e. The number of hydrogen-bond acceptors (Lipinski definition) is 2. The van der Waals surface area contributed by atoms with Crippen LogP contribution in [0.3, 0.4) is 0 Å². The fraction of sp³-hybridized carbons (Fsp3) is 0.0714. The number of carbonyl (C=O) groups excluding carboxylic acids is 1. The molecule has 2 aromatic carbocycles. The molecule has 0 bridgehead atoms. The number of rotatable bonds is 4. The van der Waals surface area contributed by atoms with E-state index in [1.807, 2.05) is 12.1 Å². The van der Waals surface area contributed by atoms with E-state index in [2.05, 4.69) is 37.2 Å². The van der Waals surface area contributed by atoms with E-state index in [4.69, 9.17) is 16.3 Å². The highest BCUT2D eigenvalue weighted by molar-refractivity contribution is 9.11. The lowest BCUT2D eigenvalue weighted by Crippen LogP contribution is -2.20. The van der Waals surface area contributed by atoms with Crippen molar-refractivity contribution < 1.29 is 9.53 Å². The van der Waals surface area contributed by atoms with Crippen molar-refractivity contribution >= 4 is 55.1 Å². The van der Waals surface area contributed by atoms with Gasteiger partial charge in [0.2, 0.25) is 0 Å². The minimum absolute atomic E-state index is 0.0805. The summed E-state index contributed by atoms with van der Waals surface area (Å²) < 4.78 is 7.09. The molecule has 0 saturated carbocycles. The topological polar surface area (TPSA) is 38.3 Å². The van der Waals surface area contributed by atoms with E-state index >= 15 is 0 Å². The molecule has 0 spiro atoms. The third-order valence-electron chi connectivity index (χ3n) is 2.37. The summed E-state index contributed by atoms with van der Waals surface area (Å²) in [4.78, 5) is 11.8. The number of nitrogens with one attached hydrogen (secondary N) is 1. The lowest BCUT2D eigenvalue weighted by Gasteiger charge is -2.09. The second-order valence-corrected chi connectivity index (χ2v) is 6.12. The van der Waals surface area contributed by atoms with Crippen LogP contribution in [0.25, 0.3) is 0 Å². The van der Waals surface area contributed by atoms with E-state index in [1.165, 1.54) is 0 Å². The van der Waals surface area contributed by atoms with Crippen molar-refractivity contribution in [2.24, 2.45) is 0 Å². The summed E-state index contributed by atoms with van der Waals surface area (Å²) in [7, 11) is 0. The quantitative estimate of drug-likeness (QED) is 0.767. The van der Waals surface area contributed by atoms with Gasteiger partial charge in [-0.15, -0.1) is 0 Å². The van der Waals surface area contributed by atoms with Crippen molar-refractivity contribution in [2.45, 2.75) is 0 Å². The Kier molecular flexibility index (Phi) is 5.46. The summed E-state index contributed by atoms with van der Waals surface area (Å²) in [6.07, 6.45) is 0. The van der Waals surface area contributed by atoms with Crippen LogP contribution in [-0.4, -0.2) is 12.5 Å². The van der Waals surface area contributed by atoms with Gasteiger partial charge >= 0.3 is 0 Å². The SMILES string of the molecule is O=C(COc1cccc(Cl)c1)Nc1ccc(Br)cc1Br. The Balaban J connectivity index is 1.92. The van der Waals surface area contributed by atoms with E-state index in [0.29, 0.717) is 16.5 Å². The number of anilines is 1. The molecule has 0 heterocycles. The van der Waals surface area contributed by atoms with Gasteiger partial charge in [-0.2, -0.15) is 0 Å². The summed E-state index contributed by atoms with van der Waals surface area (Å²) in [5.74, 6) is 0.315. The molecular formula is C14H10Br2ClNO2. The molecule has 0 aromatic heterocycles. The Hall–Kier alpha value is -1.04. The third kappa shape index (κ3) is 4.51. The number of ether oxygens (including phenoxy) is 1. The largest absolute Gasteiger partial charge is 0.484 e. The van der Waals surface area contributed by atoms with Crippen molar-refractivity contribution in [1.82, 2.24) is 0 Å². The second-order valence-electron chi connectivity index (χ2n) is 3.92. The molecule has 0 aliphatic carbocycles. The summed E-state index contributed by atoms with van der Waals surface area (Å²) in [5, 5.41) is 3.33. The highest BCUT2D eigenvalue weighted by atomic mass is 79.9. The van der Waals surface area contributed by atoms with Crippen molar-refractivity contribution in [3.05, 3.63) is 56.4 Å². The molecule has 0 aliphatic rings. The summed E-state index contributed by atoms with van der Waals surface area (Å²) in [6.45, 7) is -0.0805. The second kappa shape index (κ2) is 7.11. The zero-order valence-electron chi connectivity index (χ0n) is 10.2. The third-order valence-corrected chi connectivity index (χ3v) is 3.76. The van der Waals surface area contributed by atoms with Crippen LogP contribution in [0.5, 0.6) is 5.75 Å². The first-order valence-electron chi connectivity index (χ1n) is 5.68. The van der Waals surface area contributed by atoms with Gasteiger partial charge in [-0.05, 0) is 52.3 Å². The normalized spacial score (nSPS) is 10.2. The van der Waals surface area contributed by atoms with Crippen LogP contribution in [0.15, 0.2) is 51.4 Å². The Morgan fingerprint density at radius 1 is 1.20 bits per heavy atom. The minimum atomic E-state index is -0.243. The van der Waals surface area contributed by atoms with Gasteiger partial charge in [0.25, 0.3) is 5.91 Å². The molecule has 2 rings (SSSR count). The predicted molar refractivity (Wildman–Crippen MR) is 87.4 cm³/mol. The van der Waals surface area contributed by atoms with Crippen LogP contribution >= 0.6 is 43.5 Å². The van der Waals surface area contributed by atoms with Gasteiger partial charge in [0.1, 0.15) is 5.75 Å². The summed E-state index contributed by atoms with van der Waals surface area (Å²) >= 11 is 12.6. The zero-order valence-corrected chi connectivity index (χ0v) is 14.1. The maximum absolute atomic E-state index is 11.8. The van der Waals surface area contributed by atoms with Crippen molar-refractivity contribution in [3.8, 4) is 5.75 Å². The molecule has 1 amide bonds. The number of hydrogen-bond donors (Lipinski definition) is 1. The molecule has 2 aromatic rings. The molecule has 0 radical (unpaired) electrons. The summed E-state index contributed by atoms with van der Waals surface area (Å²) in [5.41, 5.74) is 0.688. The number of amides is 1. The molecule has 104 valence electrons. The van der Waals surface area contributed by atoms with Gasteiger partial charge in [0.15, 0.2) is 6.61 Å². The maximum atomic E-state index is 11.8. The average molecular weight is 420 g/mol. The molecular weight excluding hydrogens is 409 g/mol. The van der Waals surface area contributed by atoms with Gasteiger partial charge < -0.3 is 10.1 Å². The Bertz CT molecular complexity index is 634. The molecule has 0 fully saturated rings. The maximum Gasteiger partial charge on any atom is 0.262 e. The van der Waals surface area contributed by atoms with Gasteiger partial charge in [-0.3, -0.25) is 4.79 Å². The monoisotopic (exact) mass is 417 g/mol. The molecule has 0 unspecified atom stereocenters. The van der Waals surface area contributed by atoms with Gasteiger partial charge in [-0.25, -0.2) is 0 Å². The molecule has 20 heavy (non-hydrogen) atoms. The lowest BCUT2D eigenvalue weighted by atomic mass is 10.3. The van der Waals surface area contributed by atoms with E-state index in [-0.39, 0.29) is 12.5 Å². The predicted octanol–water partition coefficient (Wildman–Crippen LogP) is 4.88. The van der Waals surface area contributed by atoms with Gasteiger partial charge in [-0.1, -0.05) is 33.6 Å². The zero-order chi connectivity index (χ0) is 14.5. The van der Waals surface area contributed by atoms with Crippen molar-refractivity contribution in [3.63, 3.8) is 0 Å². The Morgan fingerprint density at radius 2 is 2.00 bits per heavy atom. The van der Waals surface area contributed by atoms with E-state index in [9.17, 15) is 4.79 Å². The van der Waals surface area contributed by atoms with Crippen molar-refractivity contribution in [1.29, 1.82) is 0 Å². The van der Waals surface area contributed by atoms with Crippen LogP contribution in [-0.2, 0) is 4.79 Å². The number of benzene rings is 2. The van der Waals surface area contributed by atoms with Crippen LogP contribution < -0.4 is 10.1 Å².